The van der Waals surface area contributed by atoms with Crippen molar-refractivity contribution in [1.29, 1.82) is 0 Å². The van der Waals surface area contributed by atoms with Crippen LogP contribution in [-0.2, 0) is 16.4 Å². The van der Waals surface area contributed by atoms with E-state index in [1.807, 2.05) is 11.4 Å². The van der Waals surface area contributed by atoms with Crippen LogP contribution >= 0.6 is 22.7 Å². The number of aromatic nitrogens is 2. The number of hydrogen-bond acceptors (Lipinski definition) is 7. The predicted octanol–water partition coefficient (Wildman–Crippen LogP) is 1.54. The number of aryl methyl sites for hydroxylation is 1. The third-order valence-electron chi connectivity index (χ3n) is 3.00. The molecule has 1 atom stereocenters. The van der Waals surface area contributed by atoms with Crippen molar-refractivity contribution in [2.45, 2.75) is 29.6 Å². The average molecular weight is 316 g/mol. The first-order valence-corrected chi connectivity index (χ1v) is 8.92. The predicted molar refractivity (Wildman–Crippen MR) is 74.6 cm³/mol. The minimum Gasteiger partial charge on any atom is -0.374 e. The first-order chi connectivity index (χ1) is 9.06. The zero-order chi connectivity index (χ0) is 13.5. The second-order valence-electron chi connectivity index (χ2n) is 4.27. The molecule has 0 aliphatic heterocycles. The maximum atomic E-state index is 12.2. The zero-order valence-corrected chi connectivity index (χ0v) is 12.3. The molecule has 0 bridgehead atoms. The van der Waals surface area contributed by atoms with Gasteiger partial charge in [-0.3, -0.25) is 0 Å². The van der Waals surface area contributed by atoms with E-state index in [0.717, 1.165) is 36.2 Å². The number of fused-ring (bicyclic) bond motifs is 1. The highest BCUT2D eigenvalue weighted by atomic mass is 32.2. The van der Waals surface area contributed by atoms with E-state index in [2.05, 4.69) is 14.9 Å². The molecule has 1 aliphatic rings. The molecule has 0 spiro atoms. The fourth-order valence-corrected chi connectivity index (χ4v) is 5.21. The van der Waals surface area contributed by atoms with Crippen LogP contribution in [0.1, 0.15) is 29.3 Å². The molecule has 2 heterocycles. The van der Waals surface area contributed by atoms with Crippen LogP contribution < -0.4 is 10.5 Å². The van der Waals surface area contributed by atoms with Gasteiger partial charge >= 0.3 is 0 Å². The van der Waals surface area contributed by atoms with Gasteiger partial charge < -0.3 is 5.73 Å². The van der Waals surface area contributed by atoms with Gasteiger partial charge in [0.1, 0.15) is 0 Å². The number of sulfonamides is 1. The van der Waals surface area contributed by atoms with Gasteiger partial charge in [0.2, 0.25) is 9.47 Å². The second-order valence-corrected chi connectivity index (χ2v) is 8.17. The maximum Gasteiger partial charge on any atom is 0.270 e. The molecule has 2 aromatic rings. The van der Waals surface area contributed by atoms with Crippen molar-refractivity contribution in [3.05, 3.63) is 21.9 Å². The monoisotopic (exact) mass is 316 g/mol. The lowest BCUT2D eigenvalue weighted by Crippen LogP contribution is -2.30. The summed E-state index contributed by atoms with van der Waals surface area (Å²) in [5.74, 6) is 0. The SMILES string of the molecule is Nc1nnc(S(=O)(=O)NC2CCCc3sccc32)s1. The van der Waals surface area contributed by atoms with Gasteiger partial charge in [0.05, 0.1) is 0 Å². The van der Waals surface area contributed by atoms with Crippen molar-refractivity contribution in [2.24, 2.45) is 0 Å². The fourth-order valence-electron chi connectivity index (χ4n) is 2.18. The highest BCUT2D eigenvalue weighted by Gasteiger charge is 2.28. The normalized spacial score (nSPS) is 19.3. The summed E-state index contributed by atoms with van der Waals surface area (Å²) in [6.07, 6.45) is 2.81. The second kappa shape index (κ2) is 4.82. The fraction of sp³-hybridized carbons (Fsp3) is 0.400. The number of anilines is 1. The Balaban J connectivity index is 1.87. The molecule has 0 saturated carbocycles. The van der Waals surface area contributed by atoms with Gasteiger partial charge in [-0.2, -0.15) is 0 Å². The lowest BCUT2D eigenvalue weighted by molar-refractivity contribution is 0.510. The molecule has 2 aromatic heterocycles. The molecule has 1 aliphatic carbocycles. The molecular weight excluding hydrogens is 304 g/mol. The number of hydrogen-bond donors (Lipinski definition) is 2. The smallest absolute Gasteiger partial charge is 0.270 e. The minimum absolute atomic E-state index is 0.0765. The Kier molecular flexibility index (Phi) is 3.29. The van der Waals surface area contributed by atoms with Gasteiger partial charge in [-0.05, 0) is 36.3 Å². The van der Waals surface area contributed by atoms with Crippen molar-refractivity contribution in [3.8, 4) is 0 Å². The van der Waals surface area contributed by atoms with Crippen molar-refractivity contribution in [1.82, 2.24) is 14.9 Å². The Morgan fingerprint density at radius 3 is 3.00 bits per heavy atom. The van der Waals surface area contributed by atoms with Crippen LogP contribution in [0.5, 0.6) is 0 Å². The van der Waals surface area contributed by atoms with Crippen LogP contribution in [0.15, 0.2) is 15.8 Å². The quantitative estimate of drug-likeness (QED) is 0.895. The maximum absolute atomic E-state index is 12.2. The molecular formula is C10H12N4O2S3. The summed E-state index contributed by atoms with van der Waals surface area (Å²) in [5, 5.41) is 9.28. The van der Waals surface area contributed by atoms with E-state index in [0.29, 0.717) is 0 Å². The van der Waals surface area contributed by atoms with Crippen molar-refractivity contribution < 1.29 is 8.42 Å². The minimum atomic E-state index is -3.64. The molecule has 0 amide bonds. The van der Waals surface area contributed by atoms with Crippen LogP contribution in [0.3, 0.4) is 0 Å². The first kappa shape index (κ1) is 13.0. The third kappa shape index (κ3) is 2.50. The van der Waals surface area contributed by atoms with Crippen molar-refractivity contribution in [3.63, 3.8) is 0 Å². The Morgan fingerprint density at radius 2 is 2.26 bits per heavy atom. The summed E-state index contributed by atoms with van der Waals surface area (Å²) in [5.41, 5.74) is 6.50. The van der Waals surface area contributed by atoms with E-state index < -0.39 is 10.0 Å². The Labute approximate surface area is 118 Å². The molecule has 3 rings (SSSR count). The van der Waals surface area contributed by atoms with E-state index in [9.17, 15) is 8.42 Å². The van der Waals surface area contributed by atoms with Crippen LogP contribution in [0.2, 0.25) is 0 Å². The van der Waals surface area contributed by atoms with Gasteiger partial charge in [-0.25, -0.2) is 13.1 Å². The lowest BCUT2D eigenvalue weighted by Gasteiger charge is -2.22. The van der Waals surface area contributed by atoms with E-state index in [1.54, 1.807) is 11.3 Å². The zero-order valence-electron chi connectivity index (χ0n) is 9.87. The number of rotatable bonds is 3. The molecule has 9 heteroatoms. The van der Waals surface area contributed by atoms with E-state index in [4.69, 9.17) is 5.73 Å². The summed E-state index contributed by atoms with van der Waals surface area (Å²) in [6, 6.07) is 1.81. The van der Waals surface area contributed by atoms with Crippen LogP contribution in [0, 0.1) is 0 Å². The van der Waals surface area contributed by atoms with Crippen molar-refractivity contribution >= 4 is 37.8 Å². The molecule has 19 heavy (non-hydrogen) atoms. The van der Waals surface area contributed by atoms with Gasteiger partial charge in [-0.1, -0.05) is 11.3 Å². The molecule has 0 fully saturated rings. The molecule has 0 radical (unpaired) electrons. The standard InChI is InChI=1S/C10H12N4O2S3/c11-9-12-13-10(18-9)19(15,16)14-7-2-1-3-8-6(7)4-5-17-8/h4-5,7,14H,1-3H2,(H2,11,12). The summed E-state index contributed by atoms with van der Waals surface area (Å²) in [6.45, 7) is 0. The molecule has 0 aromatic carbocycles. The lowest BCUT2D eigenvalue weighted by atomic mass is 9.95. The summed E-state index contributed by atoms with van der Waals surface area (Å²) >= 11 is 2.55. The summed E-state index contributed by atoms with van der Waals surface area (Å²) in [4.78, 5) is 1.26. The van der Waals surface area contributed by atoms with Crippen molar-refractivity contribution in [2.75, 3.05) is 5.73 Å². The van der Waals surface area contributed by atoms with Gasteiger partial charge in [-0.15, -0.1) is 21.5 Å². The number of nitrogen functional groups attached to an aromatic ring is 1. The van der Waals surface area contributed by atoms with E-state index in [1.165, 1.54) is 4.88 Å². The molecule has 0 saturated heterocycles. The highest BCUT2D eigenvalue weighted by Crippen LogP contribution is 2.34. The van der Waals surface area contributed by atoms with E-state index >= 15 is 0 Å². The Bertz CT molecular complexity index is 691. The number of nitrogens with zero attached hydrogens (tertiary/aromatic N) is 2. The van der Waals surface area contributed by atoms with Gasteiger partial charge in [0, 0.05) is 10.9 Å². The van der Waals surface area contributed by atoms with Crippen LogP contribution in [0.4, 0.5) is 5.13 Å². The first-order valence-electron chi connectivity index (χ1n) is 5.74. The van der Waals surface area contributed by atoms with Crippen LogP contribution in [0.25, 0.3) is 0 Å². The largest absolute Gasteiger partial charge is 0.374 e. The molecule has 1 unspecified atom stereocenters. The van der Waals surface area contributed by atoms with Gasteiger partial charge in [0.25, 0.3) is 10.0 Å². The summed E-state index contributed by atoms with van der Waals surface area (Å²) < 4.78 is 27.0. The molecule has 102 valence electrons. The number of nitrogens with two attached hydrogens (primary N) is 1. The number of nitrogens with one attached hydrogen (secondary N) is 1. The summed E-state index contributed by atoms with van der Waals surface area (Å²) in [7, 11) is -3.64. The van der Waals surface area contributed by atoms with Crippen LogP contribution in [-0.4, -0.2) is 18.6 Å². The molecule has 3 N–H and O–H groups in total. The number of thiophene rings is 1. The Morgan fingerprint density at radius 1 is 1.42 bits per heavy atom. The average Bonchev–Trinajstić information content (AvgIpc) is 2.97. The third-order valence-corrected chi connectivity index (χ3v) is 6.59. The van der Waals surface area contributed by atoms with E-state index in [-0.39, 0.29) is 15.5 Å². The molecule has 6 nitrogen and oxygen atoms in total. The van der Waals surface area contributed by atoms with Gasteiger partial charge in [0.15, 0.2) is 0 Å². The Hall–Kier alpha value is -1.03. The highest BCUT2D eigenvalue weighted by molar-refractivity contribution is 7.91. The topological polar surface area (TPSA) is 98.0 Å².